The summed E-state index contributed by atoms with van der Waals surface area (Å²) >= 11 is 0. The highest BCUT2D eigenvalue weighted by atomic mass is 16.4. The minimum atomic E-state index is -1.40. The standard InChI is InChI=1S/C29H34N2O5/c1-20(32)31-25(17-21-11-5-2-3-6-12-21)28(34)30(19-22-13-7-4-8-14-22)24-16-10-9-15-23(24)27(33)18-26(31)29(35)36/h4,7-10,13-16,21,25-26H,2-3,5-6,11-12,17-19H2,1H3,(H,35,36)/t25-,26+/m1/s1. The highest BCUT2D eigenvalue weighted by molar-refractivity contribution is 6.09. The highest BCUT2D eigenvalue weighted by Crippen LogP contribution is 2.34. The van der Waals surface area contributed by atoms with Crippen molar-refractivity contribution in [3.05, 3.63) is 65.7 Å². The molecule has 7 nitrogen and oxygen atoms in total. The number of carboxylic acids is 1. The summed E-state index contributed by atoms with van der Waals surface area (Å²) in [6.45, 7) is 1.51. The fourth-order valence-corrected chi connectivity index (χ4v) is 5.67. The van der Waals surface area contributed by atoms with Gasteiger partial charge in [0.15, 0.2) is 5.78 Å². The van der Waals surface area contributed by atoms with Gasteiger partial charge in [-0.15, -0.1) is 0 Å². The largest absolute Gasteiger partial charge is 0.480 e. The van der Waals surface area contributed by atoms with Gasteiger partial charge in [0.2, 0.25) is 11.8 Å². The van der Waals surface area contributed by atoms with Crippen molar-refractivity contribution in [1.29, 1.82) is 0 Å². The van der Waals surface area contributed by atoms with Crippen LogP contribution in [0.2, 0.25) is 0 Å². The van der Waals surface area contributed by atoms with Crippen molar-refractivity contribution in [2.75, 3.05) is 4.90 Å². The van der Waals surface area contributed by atoms with E-state index in [1.54, 1.807) is 29.2 Å². The van der Waals surface area contributed by atoms with Crippen LogP contribution >= 0.6 is 0 Å². The Kier molecular flexibility index (Phi) is 8.18. The van der Waals surface area contributed by atoms with Gasteiger partial charge in [0.05, 0.1) is 12.2 Å². The number of carbonyl (C=O) groups excluding carboxylic acids is 3. The zero-order valence-corrected chi connectivity index (χ0v) is 20.8. The summed E-state index contributed by atoms with van der Waals surface area (Å²) in [7, 11) is 0. The Labute approximate surface area is 212 Å². The van der Waals surface area contributed by atoms with Gasteiger partial charge in [0, 0.05) is 18.9 Å². The minimum absolute atomic E-state index is 0.211. The van der Waals surface area contributed by atoms with Crippen molar-refractivity contribution < 1.29 is 24.3 Å². The van der Waals surface area contributed by atoms with Crippen LogP contribution in [0.3, 0.4) is 0 Å². The van der Waals surface area contributed by atoms with E-state index >= 15 is 0 Å². The lowest BCUT2D eigenvalue weighted by molar-refractivity contribution is -0.154. The lowest BCUT2D eigenvalue weighted by atomic mass is 9.90. The number of Topliss-reactive ketones (excluding diaryl/α,β-unsaturated/α-hetero) is 1. The number of rotatable bonds is 5. The van der Waals surface area contributed by atoms with Crippen molar-refractivity contribution >= 4 is 29.3 Å². The first-order valence-electron chi connectivity index (χ1n) is 12.9. The minimum Gasteiger partial charge on any atom is -0.480 e. The van der Waals surface area contributed by atoms with E-state index in [4.69, 9.17) is 0 Å². The first-order chi connectivity index (χ1) is 17.4. The third-order valence-electron chi connectivity index (χ3n) is 7.46. The Morgan fingerprint density at radius 2 is 1.56 bits per heavy atom. The number of hydrogen-bond donors (Lipinski definition) is 1. The van der Waals surface area contributed by atoms with Crippen LogP contribution in [0.15, 0.2) is 54.6 Å². The van der Waals surface area contributed by atoms with Gasteiger partial charge >= 0.3 is 5.97 Å². The van der Waals surface area contributed by atoms with Crippen molar-refractivity contribution in [3.8, 4) is 0 Å². The van der Waals surface area contributed by atoms with Gasteiger partial charge in [-0.2, -0.15) is 0 Å². The first kappa shape index (κ1) is 25.6. The molecule has 0 bridgehead atoms. The molecule has 0 radical (unpaired) electrons. The van der Waals surface area contributed by atoms with E-state index in [9.17, 15) is 24.3 Å². The van der Waals surface area contributed by atoms with Crippen LogP contribution in [0, 0.1) is 5.92 Å². The van der Waals surface area contributed by atoms with Gasteiger partial charge in [0.1, 0.15) is 12.1 Å². The summed E-state index contributed by atoms with van der Waals surface area (Å²) in [6, 6.07) is 14.0. The maximum Gasteiger partial charge on any atom is 0.326 e. The molecule has 1 aliphatic carbocycles. The predicted molar refractivity (Wildman–Crippen MR) is 137 cm³/mol. The smallest absolute Gasteiger partial charge is 0.326 e. The fourth-order valence-electron chi connectivity index (χ4n) is 5.67. The molecule has 1 aliphatic heterocycles. The SMILES string of the molecule is CC(=O)N1[C@H](CC2CCCCCC2)C(=O)N(Cc2ccccc2)c2ccccc2C(=O)C[C@H]1C(=O)O. The Bertz CT molecular complexity index is 1110. The number of hydrogen-bond acceptors (Lipinski definition) is 4. The molecule has 1 saturated carbocycles. The van der Waals surface area contributed by atoms with Gasteiger partial charge in [-0.1, -0.05) is 81.0 Å². The Morgan fingerprint density at radius 1 is 0.917 bits per heavy atom. The van der Waals surface area contributed by atoms with E-state index in [1.807, 2.05) is 30.3 Å². The summed E-state index contributed by atoms with van der Waals surface area (Å²) < 4.78 is 0. The molecule has 1 fully saturated rings. The van der Waals surface area contributed by atoms with Crippen molar-refractivity contribution in [2.45, 2.75) is 76.9 Å². The molecule has 2 atom stereocenters. The lowest BCUT2D eigenvalue weighted by Crippen LogP contribution is -2.56. The maximum atomic E-state index is 14.4. The number of amides is 2. The van der Waals surface area contributed by atoms with Crippen LogP contribution in [-0.4, -0.2) is 45.7 Å². The molecule has 2 aromatic carbocycles. The summed E-state index contributed by atoms with van der Waals surface area (Å²) in [6.07, 6.45) is 6.31. The Morgan fingerprint density at radius 3 is 2.19 bits per heavy atom. The molecule has 2 amide bonds. The number of carboxylic acid groups (broad SMARTS) is 1. The van der Waals surface area contributed by atoms with Crippen LogP contribution in [0.4, 0.5) is 5.69 Å². The van der Waals surface area contributed by atoms with Crippen LogP contribution in [0.25, 0.3) is 0 Å². The van der Waals surface area contributed by atoms with Gasteiger partial charge in [0.25, 0.3) is 0 Å². The first-order valence-corrected chi connectivity index (χ1v) is 12.9. The van der Waals surface area contributed by atoms with E-state index in [-0.39, 0.29) is 24.8 Å². The van der Waals surface area contributed by atoms with Crippen LogP contribution in [0.5, 0.6) is 0 Å². The second-order valence-electron chi connectivity index (χ2n) is 9.94. The zero-order chi connectivity index (χ0) is 25.7. The molecule has 4 rings (SSSR count). The van der Waals surface area contributed by atoms with Crippen LogP contribution in [0.1, 0.15) is 74.2 Å². The Balaban J connectivity index is 1.85. The molecule has 0 saturated heterocycles. The molecular weight excluding hydrogens is 456 g/mol. The number of benzene rings is 2. The monoisotopic (exact) mass is 490 g/mol. The van der Waals surface area contributed by atoms with Crippen molar-refractivity contribution in [2.24, 2.45) is 5.92 Å². The van der Waals surface area contributed by atoms with Crippen LogP contribution in [-0.2, 0) is 20.9 Å². The van der Waals surface area contributed by atoms with E-state index in [2.05, 4.69) is 0 Å². The normalized spacial score (nSPS) is 21.7. The van der Waals surface area contributed by atoms with E-state index in [0.29, 0.717) is 17.7 Å². The third kappa shape index (κ3) is 5.66. The summed E-state index contributed by atoms with van der Waals surface area (Å²) in [5.41, 5.74) is 1.63. The van der Waals surface area contributed by atoms with Gasteiger partial charge in [-0.3, -0.25) is 14.4 Å². The van der Waals surface area contributed by atoms with Crippen molar-refractivity contribution in [3.63, 3.8) is 0 Å². The molecule has 1 heterocycles. The number of carbonyl (C=O) groups is 4. The predicted octanol–water partition coefficient (Wildman–Crippen LogP) is 4.84. The van der Waals surface area contributed by atoms with E-state index in [0.717, 1.165) is 44.1 Å². The van der Waals surface area contributed by atoms with Crippen molar-refractivity contribution in [1.82, 2.24) is 4.90 Å². The summed E-state index contributed by atoms with van der Waals surface area (Å²) in [4.78, 5) is 55.9. The fraction of sp³-hybridized carbons (Fsp3) is 0.448. The van der Waals surface area contributed by atoms with Gasteiger partial charge in [-0.25, -0.2) is 4.79 Å². The molecule has 1 N–H and O–H groups in total. The topological polar surface area (TPSA) is 95.0 Å². The van der Waals surface area contributed by atoms with Crippen LogP contribution < -0.4 is 4.90 Å². The van der Waals surface area contributed by atoms with Gasteiger partial charge in [-0.05, 0) is 30.0 Å². The lowest BCUT2D eigenvalue weighted by Gasteiger charge is -2.38. The number of para-hydroxylation sites is 1. The second kappa shape index (κ2) is 11.5. The quantitative estimate of drug-likeness (QED) is 0.606. The number of nitrogens with zero attached hydrogens (tertiary/aromatic N) is 2. The number of aliphatic carboxylic acids is 1. The van der Waals surface area contributed by atoms with Gasteiger partial charge < -0.3 is 14.9 Å². The molecule has 2 aromatic rings. The molecule has 0 aromatic heterocycles. The second-order valence-corrected chi connectivity index (χ2v) is 9.94. The molecule has 190 valence electrons. The molecule has 0 spiro atoms. The molecular formula is C29H34N2O5. The van der Waals surface area contributed by atoms with E-state index < -0.39 is 29.7 Å². The molecule has 0 unspecified atom stereocenters. The number of anilines is 1. The number of ketones is 1. The molecule has 2 aliphatic rings. The zero-order valence-electron chi connectivity index (χ0n) is 20.8. The summed E-state index contributed by atoms with van der Waals surface area (Å²) in [5, 5.41) is 10.1. The average molecular weight is 491 g/mol. The third-order valence-corrected chi connectivity index (χ3v) is 7.46. The number of fused-ring (bicyclic) bond motifs is 1. The summed E-state index contributed by atoms with van der Waals surface area (Å²) in [5.74, 6) is -2.31. The highest BCUT2D eigenvalue weighted by Gasteiger charge is 2.43. The molecule has 7 heteroatoms. The Hall–Kier alpha value is -3.48. The molecule has 36 heavy (non-hydrogen) atoms. The van der Waals surface area contributed by atoms with E-state index in [1.165, 1.54) is 11.8 Å². The average Bonchev–Trinajstić information content (AvgIpc) is 3.13. The maximum absolute atomic E-state index is 14.4.